The van der Waals surface area contributed by atoms with Crippen LogP contribution in [0.15, 0.2) is 24.4 Å². The molecule has 25 heavy (non-hydrogen) atoms. The van der Waals surface area contributed by atoms with Crippen LogP contribution in [0.3, 0.4) is 0 Å². The number of carbonyl (C=O) groups is 1. The number of ether oxygens (including phenoxy) is 1. The number of methoxy groups -OCH3 is 1. The molecule has 9 heteroatoms. The van der Waals surface area contributed by atoms with E-state index in [1.165, 1.54) is 13.3 Å². The molecule has 1 aliphatic heterocycles. The Labute approximate surface area is 146 Å². The Bertz CT molecular complexity index is 810. The van der Waals surface area contributed by atoms with Crippen LogP contribution in [0.5, 0.6) is 5.75 Å². The lowest BCUT2D eigenvalue weighted by Crippen LogP contribution is -2.43. The van der Waals surface area contributed by atoms with Gasteiger partial charge in [0, 0.05) is 18.3 Å². The normalized spacial score (nSPS) is 14.4. The molecule has 0 fully saturated rings. The van der Waals surface area contributed by atoms with Gasteiger partial charge in [0.05, 0.1) is 18.4 Å². The molecule has 0 atom stereocenters. The van der Waals surface area contributed by atoms with Crippen molar-refractivity contribution in [3.8, 4) is 17.0 Å². The van der Waals surface area contributed by atoms with Gasteiger partial charge in [0.2, 0.25) is 5.28 Å². The Hall–Kier alpha value is -2.35. The van der Waals surface area contributed by atoms with E-state index in [0.717, 1.165) is 4.90 Å². The molecule has 3 rings (SSSR count). The molecule has 1 aliphatic rings. The van der Waals surface area contributed by atoms with Crippen LogP contribution in [-0.2, 0) is 6.42 Å². The third kappa shape index (κ3) is 3.68. The van der Waals surface area contributed by atoms with Crippen molar-refractivity contribution in [1.29, 1.82) is 0 Å². The zero-order valence-electron chi connectivity index (χ0n) is 13.1. The van der Waals surface area contributed by atoms with Crippen LogP contribution in [0, 0.1) is 0 Å². The van der Waals surface area contributed by atoms with Crippen molar-refractivity contribution < 1.29 is 22.7 Å². The molecule has 5 nitrogen and oxygen atoms in total. The summed E-state index contributed by atoms with van der Waals surface area (Å²) in [6, 6.07) is 4.93. The fourth-order valence-corrected chi connectivity index (χ4v) is 2.95. The Balaban J connectivity index is 2.02. The van der Waals surface area contributed by atoms with Gasteiger partial charge in [0.15, 0.2) is 0 Å². The summed E-state index contributed by atoms with van der Waals surface area (Å²) in [4.78, 5) is 21.2. The molecule has 0 N–H and O–H groups in total. The summed E-state index contributed by atoms with van der Waals surface area (Å²) in [7, 11) is 1.36. The number of hydrogen-bond donors (Lipinski definition) is 0. The summed E-state index contributed by atoms with van der Waals surface area (Å²) in [6.45, 7) is -1.29. The molecule has 1 aromatic heterocycles. The Morgan fingerprint density at radius 1 is 1.36 bits per heavy atom. The van der Waals surface area contributed by atoms with Gasteiger partial charge < -0.3 is 9.64 Å². The quantitative estimate of drug-likeness (QED) is 0.776. The van der Waals surface area contributed by atoms with Gasteiger partial charge in [-0.25, -0.2) is 9.97 Å². The highest BCUT2D eigenvalue weighted by Gasteiger charge is 2.37. The highest BCUT2D eigenvalue weighted by atomic mass is 35.5. The second kappa shape index (κ2) is 6.51. The van der Waals surface area contributed by atoms with Gasteiger partial charge >= 0.3 is 6.18 Å². The third-order valence-corrected chi connectivity index (χ3v) is 4.03. The molecular weight excluding hydrogens is 359 g/mol. The van der Waals surface area contributed by atoms with E-state index in [9.17, 15) is 18.0 Å². The maximum absolute atomic E-state index is 12.6. The lowest BCUT2D eigenvalue weighted by molar-refractivity contribution is -0.141. The highest BCUT2D eigenvalue weighted by Crippen LogP contribution is 2.34. The van der Waals surface area contributed by atoms with E-state index < -0.39 is 18.6 Å². The minimum Gasteiger partial charge on any atom is -0.496 e. The van der Waals surface area contributed by atoms with Gasteiger partial charge in [0.25, 0.3) is 5.91 Å². The van der Waals surface area contributed by atoms with E-state index in [1.54, 1.807) is 18.2 Å². The first-order valence-corrected chi connectivity index (χ1v) is 7.72. The number of alkyl halides is 3. The van der Waals surface area contributed by atoms with Gasteiger partial charge in [-0.15, -0.1) is 0 Å². The fourth-order valence-electron chi connectivity index (χ4n) is 2.80. The molecule has 0 aliphatic carbocycles. The van der Waals surface area contributed by atoms with Gasteiger partial charge in [0.1, 0.15) is 12.3 Å². The Kier molecular flexibility index (Phi) is 4.55. The average Bonchev–Trinajstić information content (AvgIpc) is 2.55. The highest BCUT2D eigenvalue weighted by molar-refractivity contribution is 6.28. The number of amides is 1. The van der Waals surface area contributed by atoms with Crippen LogP contribution in [0.2, 0.25) is 5.28 Å². The topological polar surface area (TPSA) is 55.3 Å². The zero-order valence-corrected chi connectivity index (χ0v) is 13.9. The largest absolute Gasteiger partial charge is 0.496 e. The third-order valence-electron chi connectivity index (χ3n) is 3.85. The Morgan fingerprint density at radius 3 is 2.76 bits per heavy atom. The van der Waals surface area contributed by atoms with E-state index in [2.05, 4.69) is 9.97 Å². The first-order valence-electron chi connectivity index (χ1n) is 7.34. The number of benzene rings is 1. The summed E-state index contributed by atoms with van der Waals surface area (Å²) in [6.07, 6.45) is -2.66. The van der Waals surface area contributed by atoms with E-state index >= 15 is 0 Å². The minimum absolute atomic E-state index is 0.0114. The second-order valence-corrected chi connectivity index (χ2v) is 5.85. The molecule has 132 valence electrons. The van der Waals surface area contributed by atoms with Crippen LogP contribution in [0.25, 0.3) is 11.3 Å². The molecule has 0 radical (unpaired) electrons. The maximum Gasteiger partial charge on any atom is 0.406 e. The van der Waals surface area contributed by atoms with Gasteiger partial charge in [-0.05, 0) is 41.8 Å². The number of aromatic nitrogens is 2. The standard InChI is InChI=1S/C16H13ClF3N3O2/c1-25-12-7-10(11-2-4-21-15(17)22-11)6-9-3-5-23(8-16(18,19)20)14(24)13(9)12/h2,4,6-7H,3,5,8H2,1H3. The summed E-state index contributed by atoms with van der Waals surface area (Å²) < 4.78 is 43.2. The smallest absolute Gasteiger partial charge is 0.406 e. The molecule has 0 bridgehead atoms. The van der Waals surface area contributed by atoms with Crippen molar-refractivity contribution in [1.82, 2.24) is 14.9 Å². The molecule has 2 heterocycles. The molecule has 1 aromatic carbocycles. The summed E-state index contributed by atoms with van der Waals surface area (Å²) in [5, 5.41) is 0.0709. The van der Waals surface area contributed by atoms with E-state index in [4.69, 9.17) is 16.3 Å². The molecule has 0 spiro atoms. The van der Waals surface area contributed by atoms with Crippen molar-refractivity contribution in [2.45, 2.75) is 12.6 Å². The first kappa shape index (κ1) is 17.5. The lowest BCUT2D eigenvalue weighted by Gasteiger charge is -2.30. The maximum atomic E-state index is 12.6. The molecule has 1 amide bonds. The van der Waals surface area contributed by atoms with Crippen LogP contribution < -0.4 is 4.74 Å². The fraction of sp³-hybridized carbons (Fsp3) is 0.312. The van der Waals surface area contributed by atoms with Gasteiger partial charge in [-0.3, -0.25) is 4.79 Å². The van der Waals surface area contributed by atoms with Crippen molar-refractivity contribution in [2.75, 3.05) is 20.2 Å². The monoisotopic (exact) mass is 371 g/mol. The van der Waals surface area contributed by atoms with Crippen LogP contribution >= 0.6 is 11.6 Å². The number of rotatable bonds is 3. The second-order valence-electron chi connectivity index (χ2n) is 5.52. The zero-order chi connectivity index (χ0) is 18.2. The van der Waals surface area contributed by atoms with Crippen molar-refractivity contribution >= 4 is 17.5 Å². The summed E-state index contributed by atoms with van der Waals surface area (Å²) in [5.41, 5.74) is 1.96. The molecule has 0 saturated carbocycles. The molecule has 2 aromatic rings. The van der Waals surface area contributed by atoms with Crippen LogP contribution in [-0.4, -0.2) is 47.2 Å². The van der Waals surface area contributed by atoms with E-state index in [1.807, 2.05) is 0 Å². The van der Waals surface area contributed by atoms with Crippen LogP contribution in [0.1, 0.15) is 15.9 Å². The van der Waals surface area contributed by atoms with Crippen molar-refractivity contribution in [2.24, 2.45) is 0 Å². The van der Waals surface area contributed by atoms with Crippen molar-refractivity contribution in [3.05, 3.63) is 40.8 Å². The minimum atomic E-state index is -4.45. The Morgan fingerprint density at radius 2 is 2.12 bits per heavy atom. The number of hydrogen-bond acceptors (Lipinski definition) is 4. The summed E-state index contributed by atoms with van der Waals surface area (Å²) in [5.74, 6) is -0.484. The van der Waals surface area contributed by atoms with Gasteiger partial charge in [-0.1, -0.05) is 0 Å². The van der Waals surface area contributed by atoms with Crippen LogP contribution in [0.4, 0.5) is 13.2 Å². The SMILES string of the molecule is COc1cc(-c2ccnc(Cl)n2)cc2c1C(=O)N(CC(F)(F)F)CC2. The van der Waals surface area contributed by atoms with E-state index in [0.29, 0.717) is 23.2 Å². The van der Waals surface area contributed by atoms with Crippen molar-refractivity contribution in [3.63, 3.8) is 0 Å². The number of halogens is 4. The first-order chi connectivity index (χ1) is 11.8. The predicted molar refractivity (Wildman–Crippen MR) is 84.7 cm³/mol. The van der Waals surface area contributed by atoms with Gasteiger partial charge in [-0.2, -0.15) is 13.2 Å². The molecule has 0 unspecified atom stereocenters. The number of nitrogens with zero attached hydrogens (tertiary/aromatic N) is 3. The summed E-state index contributed by atoms with van der Waals surface area (Å²) >= 11 is 5.79. The molecular formula is C16H13ClF3N3O2. The average molecular weight is 372 g/mol. The predicted octanol–water partition coefficient (Wildman–Crippen LogP) is 3.37. The lowest BCUT2D eigenvalue weighted by atomic mass is 9.94. The number of fused-ring (bicyclic) bond motifs is 1. The van der Waals surface area contributed by atoms with E-state index in [-0.39, 0.29) is 23.1 Å². The number of carbonyl (C=O) groups excluding carboxylic acids is 1. The molecule has 0 saturated heterocycles.